The van der Waals surface area contributed by atoms with Gasteiger partial charge in [-0.3, -0.25) is 14.3 Å². The van der Waals surface area contributed by atoms with Crippen molar-refractivity contribution in [3.8, 4) is 0 Å². The van der Waals surface area contributed by atoms with Crippen molar-refractivity contribution in [2.24, 2.45) is 11.8 Å². The van der Waals surface area contributed by atoms with Crippen molar-refractivity contribution < 1.29 is 18.0 Å². The third-order valence-corrected chi connectivity index (χ3v) is 10.3. The fourth-order valence-electron chi connectivity index (χ4n) is 6.00. The van der Waals surface area contributed by atoms with Crippen LogP contribution in [0.3, 0.4) is 0 Å². The van der Waals surface area contributed by atoms with Crippen LogP contribution in [0.25, 0.3) is 0 Å². The zero-order valence-electron chi connectivity index (χ0n) is 22.0. The van der Waals surface area contributed by atoms with Crippen LogP contribution in [0.5, 0.6) is 0 Å². The van der Waals surface area contributed by atoms with Crippen LogP contribution in [0.4, 0.5) is 5.69 Å². The van der Waals surface area contributed by atoms with Gasteiger partial charge >= 0.3 is 0 Å². The van der Waals surface area contributed by atoms with E-state index in [0.717, 1.165) is 43.6 Å². The van der Waals surface area contributed by atoms with Crippen molar-refractivity contribution in [1.29, 1.82) is 0 Å². The number of piperidine rings is 2. The number of hydrogen-bond donors (Lipinski definition) is 0. The second-order valence-electron chi connectivity index (χ2n) is 10.8. The van der Waals surface area contributed by atoms with E-state index in [-0.39, 0.29) is 35.7 Å². The van der Waals surface area contributed by atoms with Gasteiger partial charge in [0.25, 0.3) is 0 Å². The van der Waals surface area contributed by atoms with Crippen molar-refractivity contribution in [3.05, 3.63) is 41.2 Å². The zero-order valence-corrected chi connectivity index (χ0v) is 22.8. The summed E-state index contributed by atoms with van der Waals surface area (Å²) >= 11 is 0. The molecule has 2 saturated heterocycles. The van der Waals surface area contributed by atoms with E-state index in [2.05, 4.69) is 12.0 Å². The molecular formula is C27H37N5O4S. The van der Waals surface area contributed by atoms with E-state index < -0.39 is 10.0 Å². The molecule has 37 heavy (non-hydrogen) atoms. The maximum atomic E-state index is 13.8. The predicted molar refractivity (Wildman–Crippen MR) is 141 cm³/mol. The Morgan fingerprint density at radius 3 is 2.51 bits per heavy atom. The molecule has 3 aliphatic rings. The largest absolute Gasteiger partial charge is 0.342 e. The predicted octanol–water partition coefficient (Wildman–Crippen LogP) is 2.75. The first-order chi connectivity index (χ1) is 17.7. The van der Waals surface area contributed by atoms with Crippen LogP contribution >= 0.6 is 0 Å². The Morgan fingerprint density at radius 1 is 1.03 bits per heavy atom. The molecule has 0 spiro atoms. The molecule has 200 valence electrons. The molecule has 1 aromatic carbocycles. The van der Waals surface area contributed by atoms with E-state index in [1.807, 2.05) is 29.2 Å². The number of nitrogens with zero attached hydrogens (tertiary/aromatic N) is 5. The molecule has 3 aliphatic heterocycles. The van der Waals surface area contributed by atoms with Gasteiger partial charge in [-0.1, -0.05) is 25.1 Å². The van der Waals surface area contributed by atoms with Gasteiger partial charge < -0.3 is 9.80 Å². The van der Waals surface area contributed by atoms with Gasteiger partial charge in [0.1, 0.15) is 11.4 Å². The van der Waals surface area contributed by atoms with Crippen molar-refractivity contribution >= 4 is 27.5 Å². The van der Waals surface area contributed by atoms with Crippen molar-refractivity contribution in [3.63, 3.8) is 0 Å². The van der Waals surface area contributed by atoms with Crippen LogP contribution in [0.1, 0.15) is 49.6 Å². The highest BCUT2D eigenvalue weighted by molar-refractivity contribution is 7.89. The molecule has 0 saturated carbocycles. The highest BCUT2D eigenvalue weighted by Gasteiger charge is 2.38. The summed E-state index contributed by atoms with van der Waals surface area (Å²) in [5.74, 6) is 0.276. The molecule has 2 amide bonds. The third-order valence-electron chi connectivity index (χ3n) is 8.21. The van der Waals surface area contributed by atoms with Crippen LogP contribution in [0, 0.1) is 25.7 Å². The van der Waals surface area contributed by atoms with Gasteiger partial charge in [-0.05, 0) is 63.5 Å². The number of likely N-dealkylation sites (tertiary alicyclic amines) is 1. The molecule has 4 heterocycles. The fourth-order valence-corrected chi connectivity index (χ4v) is 7.89. The summed E-state index contributed by atoms with van der Waals surface area (Å²) in [7, 11) is -3.86. The lowest BCUT2D eigenvalue weighted by Gasteiger charge is -2.36. The summed E-state index contributed by atoms with van der Waals surface area (Å²) in [5.41, 5.74) is 2.89. The monoisotopic (exact) mass is 527 g/mol. The van der Waals surface area contributed by atoms with Gasteiger partial charge in [0.2, 0.25) is 21.8 Å². The Kier molecular flexibility index (Phi) is 7.15. The van der Waals surface area contributed by atoms with Crippen LogP contribution in [-0.4, -0.2) is 71.9 Å². The van der Waals surface area contributed by atoms with Crippen LogP contribution in [0.2, 0.25) is 0 Å². The third kappa shape index (κ3) is 4.93. The Bertz CT molecular complexity index is 1300. The van der Waals surface area contributed by atoms with Crippen LogP contribution in [-0.2, 0) is 32.6 Å². The summed E-state index contributed by atoms with van der Waals surface area (Å²) in [6.45, 7) is 8.27. The first-order valence-electron chi connectivity index (χ1n) is 13.4. The Balaban J connectivity index is 1.31. The highest BCUT2D eigenvalue weighted by Crippen LogP contribution is 2.31. The molecule has 0 N–H and O–H groups in total. The molecule has 0 unspecified atom stereocenters. The maximum Gasteiger partial charge on any atom is 0.248 e. The lowest BCUT2D eigenvalue weighted by atomic mass is 9.94. The Labute approximate surface area is 219 Å². The quantitative estimate of drug-likeness (QED) is 0.596. The van der Waals surface area contributed by atoms with E-state index >= 15 is 0 Å². The van der Waals surface area contributed by atoms with E-state index in [0.29, 0.717) is 43.2 Å². The number of aryl methyl sites for hydroxylation is 1. The lowest BCUT2D eigenvalue weighted by molar-refractivity contribution is -0.138. The summed E-state index contributed by atoms with van der Waals surface area (Å²) < 4.78 is 30.5. The van der Waals surface area contributed by atoms with Crippen molar-refractivity contribution in [1.82, 2.24) is 19.0 Å². The van der Waals surface area contributed by atoms with Gasteiger partial charge in [0, 0.05) is 38.4 Å². The first kappa shape index (κ1) is 25.9. The van der Waals surface area contributed by atoms with Crippen LogP contribution in [0.15, 0.2) is 29.2 Å². The molecule has 1 aromatic heterocycles. The minimum atomic E-state index is -3.86. The van der Waals surface area contributed by atoms with Crippen molar-refractivity contribution in [2.75, 3.05) is 37.6 Å². The number of carbonyl (C=O) groups is 2. The number of benzene rings is 1. The Hall–Kier alpha value is -2.72. The SMILES string of the molecule is Cc1nn(CC(=O)N2CCc3ccccc32)c(C)c1S(=O)(=O)N1CCC[C@H](C(=O)N2CCC(C)CC2)C1. The molecule has 2 fully saturated rings. The zero-order chi connectivity index (χ0) is 26.3. The second kappa shape index (κ2) is 10.2. The van der Waals surface area contributed by atoms with E-state index in [4.69, 9.17) is 0 Å². The van der Waals surface area contributed by atoms with Gasteiger partial charge in [-0.2, -0.15) is 9.40 Å². The van der Waals surface area contributed by atoms with E-state index in [1.165, 1.54) is 8.99 Å². The number of aromatic nitrogens is 2. The summed E-state index contributed by atoms with van der Waals surface area (Å²) in [5, 5.41) is 4.46. The molecule has 0 radical (unpaired) electrons. The first-order valence-corrected chi connectivity index (χ1v) is 14.8. The minimum absolute atomic E-state index is 0.0228. The highest BCUT2D eigenvalue weighted by atomic mass is 32.2. The van der Waals surface area contributed by atoms with E-state index in [9.17, 15) is 18.0 Å². The molecule has 1 atom stereocenters. The smallest absolute Gasteiger partial charge is 0.248 e. The summed E-state index contributed by atoms with van der Waals surface area (Å²) in [6, 6.07) is 7.85. The average Bonchev–Trinajstić information content (AvgIpc) is 3.44. The van der Waals surface area contributed by atoms with Crippen LogP contribution < -0.4 is 4.90 Å². The molecule has 5 rings (SSSR count). The van der Waals surface area contributed by atoms with Gasteiger partial charge in [0.15, 0.2) is 0 Å². The summed E-state index contributed by atoms with van der Waals surface area (Å²) in [4.78, 5) is 30.2. The number of fused-ring (bicyclic) bond motifs is 1. The number of para-hydroxylation sites is 1. The number of rotatable bonds is 5. The molecule has 2 aromatic rings. The standard InChI is InChI=1S/C27H37N5O4S/c1-19-10-14-29(15-11-19)27(34)23-8-6-13-30(17-23)37(35,36)26-20(2)28-32(21(26)3)18-25(33)31-16-12-22-7-4-5-9-24(22)31/h4-5,7,9,19,23H,6,8,10-18H2,1-3H3/t23-/m0/s1. The number of carbonyl (C=O) groups excluding carboxylic acids is 2. The lowest BCUT2D eigenvalue weighted by Crippen LogP contribution is -2.48. The van der Waals surface area contributed by atoms with Gasteiger partial charge in [0.05, 0.1) is 17.3 Å². The second-order valence-corrected chi connectivity index (χ2v) is 12.7. The molecule has 9 nitrogen and oxygen atoms in total. The topological polar surface area (TPSA) is 95.8 Å². The van der Waals surface area contributed by atoms with Gasteiger partial charge in [-0.25, -0.2) is 8.42 Å². The molecule has 0 aliphatic carbocycles. The number of sulfonamides is 1. The van der Waals surface area contributed by atoms with Crippen molar-refractivity contribution in [2.45, 2.75) is 64.3 Å². The average molecular weight is 528 g/mol. The minimum Gasteiger partial charge on any atom is -0.342 e. The molecular weight excluding hydrogens is 490 g/mol. The van der Waals surface area contributed by atoms with E-state index in [1.54, 1.807) is 18.7 Å². The molecule has 0 bridgehead atoms. The molecule has 10 heteroatoms. The fraction of sp³-hybridized carbons (Fsp3) is 0.593. The number of anilines is 1. The normalized spacial score (nSPS) is 21.3. The number of hydrogen-bond acceptors (Lipinski definition) is 5. The maximum absolute atomic E-state index is 13.8. The summed E-state index contributed by atoms with van der Waals surface area (Å²) in [6.07, 6.45) is 4.17. The Morgan fingerprint density at radius 2 is 1.76 bits per heavy atom. The number of amides is 2. The van der Waals surface area contributed by atoms with Gasteiger partial charge in [-0.15, -0.1) is 0 Å².